The quantitative estimate of drug-likeness (QED) is 0.258. The summed E-state index contributed by atoms with van der Waals surface area (Å²) in [6.45, 7) is 1.67. The molecule has 0 aromatic rings. The molecule has 23 heavy (non-hydrogen) atoms. The number of carboxylic acids is 1. The van der Waals surface area contributed by atoms with Gasteiger partial charge in [0.15, 0.2) is 0 Å². The van der Waals surface area contributed by atoms with E-state index < -0.39 is 17.9 Å². The van der Waals surface area contributed by atoms with Crippen molar-refractivity contribution in [3.63, 3.8) is 0 Å². The third-order valence-electron chi connectivity index (χ3n) is 2.51. The molecule has 1 unspecified atom stereocenters. The highest BCUT2D eigenvalue weighted by Crippen LogP contribution is 2.22. The molecule has 0 fully saturated rings. The highest BCUT2D eigenvalue weighted by Gasteiger charge is 2.18. The van der Waals surface area contributed by atoms with Crippen LogP contribution in [-0.2, 0) is 23.9 Å². The smallest absolute Gasteiger partial charge is 0.327 e. The number of carbonyl (C=O) groups excluding carboxylic acids is 3. The van der Waals surface area contributed by atoms with Crippen molar-refractivity contribution in [3.8, 4) is 0 Å². The Morgan fingerprint density at radius 2 is 1.87 bits per heavy atom. The van der Waals surface area contributed by atoms with Gasteiger partial charge in [-0.15, -0.1) is 0 Å². The first kappa shape index (κ1) is 21.6. The minimum Gasteiger partial charge on any atom is -0.480 e. The summed E-state index contributed by atoms with van der Waals surface area (Å²) >= 11 is 0. The van der Waals surface area contributed by atoms with E-state index in [-0.39, 0.29) is 24.1 Å². The third kappa shape index (κ3) is 12.8. The zero-order valence-corrected chi connectivity index (χ0v) is 14.8. The summed E-state index contributed by atoms with van der Waals surface area (Å²) in [6.07, 6.45) is 1.09. The number of carbonyl (C=O) groups is 4. The molecule has 3 N–H and O–H groups in total. The van der Waals surface area contributed by atoms with E-state index in [2.05, 4.69) is 15.4 Å². The molecule has 0 saturated carbocycles. The highest BCUT2D eigenvalue weighted by atomic mass is 33.1. The first-order chi connectivity index (χ1) is 10.9. The molecule has 0 aliphatic carbocycles. The van der Waals surface area contributed by atoms with Crippen LogP contribution in [0.25, 0.3) is 0 Å². The molecule has 0 aromatic carbocycles. The van der Waals surface area contributed by atoms with Crippen LogP contribution in [-0.4, -0.2) is 60.1 Å². The van der Waals surface area contributed by atoms with Crippen LogP contribution < -0.4 is 10.6 Å². The van der Waals surface area contributed by atoms with E-state index in [9.17, 15) is 19.2 Å². The van der Waals surface area contributed by atoms with Crippen molar-refractivity contribution in [2.45, 2.75) is 32.2 Å². The van der Waals surface area contributed by atoms with Gasteiger partial charge in [-0.3, -0.25) is 14.4 Å². The van der Waals surface area contributed by atoms with Gasteiger partial charge in [-0.2, -0.15) is 0 Å². The summed E-state index contributed by atoms with van der Waals surface area (Å²) in [4.78, 5) is 44.1. The second-order valence-electron chi connectivity index (χ2n) is 4.48. The van der Waals surface area contributed by atoms with Crippen molar-refractivity contribution in [1.82, 2.24) is 10.6 Å². The lowest BCUT2D eigenvalue weighted by atomic mass is 10.3. The topological polar surface area (TPSA) is 122 Å². The monoisotopic (exact) mass is 366 g/mol. The molecule has 0 saturated heterocycles. The van der Waals surface area contributed by atoms with Crippen LogP contribution >= 0.6 is 21.6 Å². The molecule has 0 spiro atoms. The van der Waals surface area contributed by atoms with Crippen LogP contribution in [0, 0.1) is 0 Å². The largest absolute Gasteiger partial charge is 0.480 e. The number of methoxy groups -OCH3 is 1. The van der Waals surface area contributed by atoms with Crippen LogP contribution in [0.3, 0.4) is 0 Å². The van der Waals surface area contributed by atoms with Crippen LogP contribution in [0.2, 0.25) is 0 Å². The predicted octanol–water partition coefficient (Wildman–Crippen LogP) is 0.417. The number of ether oxygens (including phenoxy) is 1. The number of esters is 1. The fourth-order valence-electron chi connectivity index (χ4n) is 1.38. The molecular weight excluding hydrogens is 344 g/mol. The number of nitrogens with one attached hydrogen (secondary N) is 2. The molecular formula is C13H22N2O6S2. The summed E-state index contributed by atoms with van der Waals surface area (Å²) in [7, 11) is 3.97. The number of amides is 2. The van der Waals surface area contributed by atoms with Gasteiger partial charge < -0.3 is 20.5 Å². The molecule has 0 aromatic heterocycles. The number of rotatable bonds is 12. The average Bonchev–Trinajstić information content (AvgIpc) is 2.49. The first-order valence-electron chi connectivity index (χ1n) is 6.94. The number of carboxylic acid groups (broad SMARTS) is 1. The van der Waals surface area contributed by atoms with Gasteiger partial charge in [0.1, 0.15) is 6.04 Å². The van der Waals surface area contributed by atoms with Gasteiger partial charge in [0.2, 0.25) is 11.8 Å². The molecule has 0 bridgehead atoms. The average molecular weight is 366 g/mol. The van der Waals surface area contributed by atoms with Crippen LogP contribution in [0.1, 0.15) is 26.2 Å². The summed E-state index contributed by atoms with van der Waals surface area (Å²) in [6, 6.07) is -0.933. The lowest BCUT2D eigenvalue weighted by molar-refractivity contribution is -0.141. The molecule has 0 heterocycles. The second-order valence-corrected chi connectivity index (χ2v) is 7.10. The third-order valence-corrected chi connectivity index (χ3v) is 4.93. The van der Waals surface area contributed by atoms with Gasteiger partial charge in [-0.05, 0) is 6.42 Å². The zero-order chi connectivity index (χ0) is 17.7. The fraction of sp³-hybridized carbons (Fsp3) is 0.692. The van der Waals surface area contributed by atoms with Gasteiger partial charge >= 0.3 is 11.9 Å². The minimum absolute atomic E-state index is 0.125. The van der Waals surface area contributed by atoms with Crippen molar-refractivity contribution < 1.29 is 29.0 Å². The van der Waals surface area contributed by atoms with Gasteiger partial charge in [0.25, 0.3) is 0 Å². The van der Waals surface area contributed by atoms with Crippen molar-refractivity contribution in [2.24, 2.45) is 0 Å². The SMILES string of the molecule is COC(=O)CCCNC(=O)CCSSCC(NC(C)=O)C(=O)O. The van der Waals surface area contributed by atoms with Gasteiger partial charge in [-0.1, -0.05) is 21.6 Å². The Labute approximate surface area is 142 Å². The Balaban J connectivity index is 3.66. The Morgan fingerprint density at radius 3 is 2.43 bits per heavy atom. The molecule has 0 radical (unpaired) electrons. The molecule has 2 amide bonds. The maximum atomic E-state index is 11.5. The van der Waals surface area contributed by atoms with Crippen LogP contribution in [0.15, 0.2) is 0 Å². The van der Waals surface area contributed by atoms with Crippen molar-refractivity contribution in [3.05, 3.63) is 0 Å². The van der Waals surface area contributed by atoms with E-state index in [4.69, 9.17) is 5.11 Å². The maximum Gasteiger partial charge on any atom is 0.327 e. The summed E-state index contributed by atoms with van der Waals surface area (Å²) in [5.74, 6) is -1.16. The normalized spacial score (nSPS) is 11.4. The van der Waals surface area contributed by atoms with Gasteiger partial charge in [0, 0.05) is 37.8 Å². The molecule has 8 nitrogen and oxygen atoms in total. The molecule has 0 rings (SSSR count). The predicted molar refractivity (Wildman–Crippen MR) is 89.0 cm³/mol. The number of hydrogen-bond acceptors (Lipinski definition) is 7. The second kappa shape index (κ2) is 13.1. The van der Waals surface area contributed by atoms with E-state index >= 15 is 0 Å². The van der Waals surface area contributed by atoms with Gasteiger partial charge in [-0.25, -0.2) is 4.79 Å². The number of hydrogen-bond donors (Lipinski definition) is 3. The van der Waals surface area contributed by atoms with Crippen molar-refractivity contribution in [2.75, 3.05) is 25.2 Å². The van der Waals surface area contributed by atoms with E-state index in [1.54, 1.807) is 0 Å². The van der Waals surface area contributed by atoms with Crippen molar-refractivity contribution >= 4 is 45.3 Å². The standard InChI is InChI=1S/C13H22N2O6S2/c1-9(16)15-10(13(19)20)8-23-22-7-5-11(17)14-6-3-4-12(18)21-2/h10H,3-8H2,1-2H3,(H,14,17)(H,15,16)(H,19,20). The minimum atomic E-state index is -1.09. The van der Waals surface area contributed by atoms with E-state index in [0.717, 1.165) is 0 Å². The lowest BCUT2D eigenvalue weighted by Gasteiger charge is -2.12. The molecule has 0 aliphatic rings. The molecule has 0 aliphatic heterocycles. The molecule has 1 atom stereocenters. The number of aliphatic carboxylic acids is 1. The summed E-state index contributed by atoms with van der Waals surface area (Å²) in [5, 5.41) is 13.9. The summed E-state index contributed by atoms with van der Waals surface area (Å²) < 4.78 is 4.48. The lowest BCUT2D eigenvalue weighted by Crippen LogP contribution is -2.41. The highest BCUT2D eigenvalue weighted by molar-refractivity contribution is 8.76. The maximum absolute atomic E-state index is 11.5. The van der Waals surface area contributed by atoms with E-state index in [1.165, 1.54) is 35.6 Å². The zero-order valence-electron chi connectivity index (χ0n) is 13.1. The Kier molecular flexibility index (Phi) is 12.3. The van der Waals surface area contributed by atoms with E-state index in [0.29, 0.717) is 25.1 Å². The summed E-state index contributed by atoms with van der Waals surface area (Å²) in [5.41, 5.74) is 0. The van der Waals surface area contributed by atoms with Crippen LogP contribution in [0.4, 0.5) is 0 Å². The Bertz CT molecular complexity index is 419. The molecule has 10 heteroatoms. The van der Waals surface area contributed by atoms with Gasteiger partial charge in [0.05, 0.1) is 7.11 Å². The Morgan fingerprint density at radius 1 is 1.17 bits per heavy atom. The van der Waals surface area contributed by atoms with Crippen LogP contribution in [0.5, 0.6) is 0 Å². The Hall–Kier alpha value is -1.42. The fourth-order valence-corrected chi connectivity index (χ4v) is 3.53. The van der Waals surface area contributed by atoms with Crippen molar-refractivity contribution in [1.29, 1.82) is 0 Å². The molecule has 132 valence electrons. The van der Waals surface area contributed by atoms with E-state index in [1.807, 2.05) is 0 Å². The first-order valence-corrected chi connectivity index (χ1v) is 9.43.